The number of hydrogen-bond donors (Lipinski definition) is 0. The first-order chi connectivity index (χ1) is 5.04. The van der Waals surface area contributed by atoms with E-state index in [9.17, 15) is 8.78 Å². The molecule has 0 aliphatic heterocycles. The summed E-state index contributed by atoms with van der Waals surface area (Å²) in [7, 11) is 0. The van der Waals surface area contributed by atoms with Crippen LogP contribution in [0.1, 0.15) is 18.6 Å². The van der Waals surface area contributed by atoms with Crippen molar-refractivity contribution in [3.05, 3.63) is 11.7 Å². The number of alkyl halides is 3. The summed E-state index contributed by atoms with van der Waals surface area (Å²) >= 11 is 5.25. The number of rotatable bonds is 2. The molecule has 0 fully saturated rings. The minimum absolute atomic E-state index is 0.00296. The van der Waals surface area contributed by atoms with Crippen LogP contribution in [0.2, 0.25) is 0 Å². The molecule has 0 aromatic carbocycles. The summed E-state index contributed by atoms with van der Waals surface area (Å²) in [5.74, 6) is -3.74. The molecule has 0 radical (unpaired) electrons. The molecule has 1 aromatic heterocycles. The molecular formula is C5H5ClF2N2O. The van der Waals surface area contributed by atoms with Gasteiger partial charge in [-0.05, 0) is 0 Å². The Kier molecular flexibility index (Phi) is 2.08. The van der Waals surface area contributed by atoms with Gasteiger partial charge >= 0.3 is 5.92 Å². The summed E-state index contributed by atoms with van der Waals surface area (Å²) in [6.45, 7) is 0.690. The summed E-state index contributed by atoms with van der Waals surface area (Å²) in [5, 5.41) is 3.04. The van der Waals surface area contributed by atoms with E-state index in [4.69, 9.17) is 11.6 Å². The summed E-state index contributed by atoms with van der Waals surface area (Å²) in [6, 6.07) is 0. The molecule has 0 bridgehead atoms. The molecule has 3 nitrogen and oxygen atoms in total. The molecule has 0 amide bonds. The zero-order valence-corrected chi connectivity index (χ0v) is 6.40. The monoisotopic (exact) mass is 182 g/mol. The van der Waals surface area contributed by atoms with Gasteiger partial charge in [-0.25, -0.2) is 0 Å². The summed E-state index contributed by atoms with van der Waals surface area (Å²) in [4.78, 5) is 3.34. The van der Waals surface area contributed by atoms with Crippen LogP contribution in [0.4, 0.5) is 8.78 Å². The molecule has 0 atom stereocenters. The van der Waals surface area contributed by atoms with Crippen molar-refractivity contribution >= 4 is 11.6 Å². The number of halogens is 3. The second kappa shape index (κ2) is 2.73. The van der Waals surface area contributed by atoms with Crippen LogP contribution < -0.4 is 0 Å². The van der Waals surface area contributed by atoms with Crippen LogP contribution in [-0.2, 0) is 11.8 Å². The van der Waals surface area contributed by atoms with E-state index in [1.165, 1.54) is 0 Å². The van der Waals surface area contributed by atoms with Gasteiger partial charge in [0.1, 0.15) is 5.88 Å². The first kappa shape index (κ1) is 8.39. The molecular weight excluding hydrogens is 178 g/mol. The maximum absolute atomic E-state index is 12.4. The van der Waals surface area contributed by atoms with E-state index in [0.717, 1.165) is 0 Å². The molecule has 1 rings (SSSR count). The summed E-state index contributed by atoms with van der Waals surface area (Å²) in [6.07, 6.45) is 0. The Bertz CT molecular complexity index is 245. The lowest BCUT2D eigenvalue weighted by Gasteiger charge is -2.00. The maximum atomic E-state index is 12.4. The Morgan fingerprint density at radius 1 is 1.64 bits per heavy atom. The largest absolute Gasteiger partial charge is 0.338 e. The molecule has 0 spiro atoms. The van der Waals surface area contributed by atoms with Gasteiger partial charge in [-0.1, -0.05) is 5.16 Å². The fraction of sp³-hybridized carbons (Fsp3) is 0.600. The minimum atomic E-state index is -3.06. The van der Waals surface area contributed by atoms with E-state index < -0.39 is 11.7 Å². The number of nitrogens with zero attached hydrogens (tertiary/aromatic N) is 2. The molecule has 11 heavy (non-hydrogen) atoms. The van der Waals surface area contributed by atoms with Gasteiger partial charge in [-0.3, -0.25) is 0 Å². The van der Waals surface area contributed by atoms with Crippen molar-refractivity contribution in [3.8, 4) is 0 Å². The standard InChI is InChI=1S/C5H5ClF2N2O/c1-5(7,8)4-9-3(2-6)11-10-4/h2H2,1H3. The average molecular weight is 183 g/mol. The number of aromatic nitrogens is 2. The normalized spacial score (nSPS) is 12.0. The maximum Gasteiger partial charge on any atom is 0.307 e. The van der Waals surface area contributed by atoms with E-state index in [2.05, 4.69) is 14.7 Å². The molecule has 0 unspecified atom stereocenters. The van der Waals surface area contributed by atoms with Gasteiger partial charge in [0.15, 0.2) is 0 Å². The Labute approximate surface area is 66.3 Å². The predicted octanol–water partition coefficient (Wildman–Crippen LogP) is 1.92. The zero-order chi connectivity index (χ0) is 8.48. The van der Waals surface area contributed by atoms with Crippen molar-refractivity contribution < 1.29 is 13.3 Å². The van der Waals surface area contributed by atoms with Crippen molar-refractivity contribution in [2.45, 2.75) is 18.7 Å². The molecule has 0 aliphatic carbocycles. The fourth-order valence-electron chi connectivity index (χ4n) is 0.487. The minimum Gasteiger partial charge on any atom is -0.338 e. The Balaban J connectivity index is 2.89. The van der Waals surface area contributed by atoms with Gasteiger partial charge in [0, 0.05) is 6.92 Å². The van der Waals surface area contributed by atoms with Gasteiger partial charge in [0.2, 0.25) is 11.7 Å². The summed E-state index contributed by atoms with van der Waals surface area (Å²) in [5.41, 5.74) is 0. The van der Waals surface area contributed by atoms with Gasteiger partial charge in [-0.2, -0.15) is 13.8 Å². The third-order valence-corrected chi connectivity index (χ3v) is 1.20. The topological polar surface area (TPSA) is 38.9 Å². The molecule has 0 saturated heterocycles. The van der Waals surface area contributed by atoms with Crippen LogP contribution in [0.15, 0.2) is 4.52 Å². The quantitative estimate of drug-likeness (QED) is 0.656. The van der Waals surface area contributed by atoms with Crippen LogP contribution in [0.25, 0.3) is 0 Å². The first-order valence-corrected chi connectivity index (χ1v) is 3.34. The lowest BCUT2D eigenvalue weighted by molar-refractivity contribution is 0.00559. The summed E-state index contributed by atoms with van der Waals surface area (Å²) < 4.78 is 29.1. The highest BCUT2D eigenvalue weighted by atomic mass is 35.5. The van der Waals surface area contributed by atoms with Gasteiger partial charge < -0.3 is 4.52 Å². The molecule has 1 heterocycles. The van der Waals surface area contributed by atoms with Crippen LogP contribution in [0, 0.1) is 0 Å². The Morgan fingerprint density at radius 3 is 2.55 bits per heavy atom. The van der Waals surface area contributed by atoms with E-state index in [-0.39, 0.29) is 11.8 Å². The Hall–Kier alpha value is -0.710. The van der Waals surface area contributed by atoms with Crippen molar-refractivity contribution in [1.82, 2.24) is 10.1 Å². The molecule has 62 valence electrons. The zero-order valence-electron chi connectivity index (χ0n) is 5.64. The van der Waals surface area contributed by atoms with Gasteiger partial charge in [0.05, 0.1) is 0 Å². The first-order valence-electron chi connectivity index (χ1n) is 2.81. The highest BCUT2D eigenvalue weighted by Gasteiger charge is 2.30. The SMILES string of the molecule is CC(F)(F)c1noc(CCl)n1. The van der Waals surface area contributed by atoms with Gasteiger partial charge in [0.25, 0.3) is 0 Å². The fourth-order valence-corrected chi connectivity index (χ4v) is 0.596. The third kappa shape index (κ3) is 1.86. The lowest BCUT2D eigenvalue weighted by atomic mass is 10.4. The molecule has 6 heteroatoms. The van der Waals surface area contributed by atoms with Crippen molar-refractivity contribution in [2.75, 3.05) is 0 Å². The van der Waals surface area contributed by atoms with Crippen molar-refractivity contribution in [3.63, 3.8) is 0 Å². The van der Waals surface area contributed by atoms with E-state index in [1.54, 1.807) is 0 Å². The lowest BCUT2D eigenvalue weighted by Crippen LogP contribution is -2.09. The number of hydrogen-bond acceptors (Lipinski definition) is 3. The highest BCUT2D eigenvalue weighted by Crippen LogP contribution is 2.23. The van der Waals surface area contributed by atoms with Crippen LogP contribution >= 0.6 is 11.6 Å². The van der Waals surface area contributed by atoms with E-state index in [0.29, 0.717) is 6.92 Å². The Morgan fingerprint density at radius 2 is 2.27 bits per heavy atom. The van der Waals surface area contributed by atoms with Crippen molar-refractivity contribution in [2.24, 2.45) is 0 Å². The second-order valence-corrected chi connectivity index (χ2v) is 2.30. The smallest absolute Gasteiger partial charge is 0.307 e. The molecule has 1 aromatic rings. The molecule has 0 aliphatic rings. The second-order valence-electron chi connectivity index (χ2n) is 2.03. The third-order valence-electron chi connectivity index (χ3n) is 0.975. The predicted molar refractivity (Wildman–Crippen MR) is 33.4 cm³/mol. The molecule has 0 N–H and O–H groups in total. The van der Waals surface area contributed by atoms with Crippen LogP contribution in [0.3, 0.4) is 0 Å². The average Bonchev–Trinajstić information content (AvgIpc) is 2.32. The van der Waals surface area contributed by atoms with E-state index in [1.807, 2.05) is 0 Å². The van der Waals surface area contributed by atoms with Crippen LogP contribution in [-0.4, -0.2) is 10.1 Å². The highest BCUT2D eigenvalue weighted by molar-refractivity contribution is 6.16. The van der Waals surface area contributed by atoms with Crippen molar-refractivity contribution in [1.29, 1.82) is 0 Å². The van der Waals surface area contributed by atoms with Crippen LogP contribution in [0.5, 0.6) is 0 Å². The van der Waals surface area contributed by atoms with E-state index >= 15 is 0 Å². The van der Waals surface area contributed by atoms with Gasteiger partial charge in [-0.15, -0.1) is 11.6 Å². The molecule has 0 saturated carbocycles.